The van der Waals surface area contributed by atoms with Crippen molar-refractivity contribution in [3.05, 3.63) is 70.3 Å². The summed E-state index contributed by atoms with van der Waals surface area (Å²) in [6.45, 7) is 5.96. The van der Waals surface area contributed by atoms with E-state index < -0.39 is 5.54 Å². The lowest BCUT2D eigenvalue weighted by atomic mass is 9.94. The Hall–Kier alpha value is -2.62. The van der Waals surface area contributed by atoms with Gasteiger partial charge in [-0.05, 0) is 49.1 Å². The maximum atomic E-state index is 12.9. The fraction of sp³-hybridized carbons (Fsp3) is 0.333. The Morgan fingerprint density at radius 2 is 1.68 bits per heavy atom. The molecule has 0 atom stereocenters. The summed E-state index contributed by atoms with van der Waals surface area (Å²) < 4.78 is 5.30. The lowest BCUT2D eigenvalue weighted by Crippen LogP contribution is -2.56. The molecule has 0 saturated carbocycles. The van der Waals surface area contributed by atoms with Crippen LogP contribution in [-0.2, 0) is 22.4 Å². The zero-order valence-corrected chi connectivity index (χ0v) is 14.9. The molecule has 2 aromatic rings. The van der Waals surface area contributed by atoms with Gasteiger partial charge < -0.3 is 10.1 Å². The number of hydrogen-bond acceptors (Lipinski definition) is 3. The number of nitrogens with one attached hydrogen (secondary N) is 1. The zero-order chi connectivity index (χ0) is 18.0. The number of ether oxygens (including phenoxy) is 1. The minimum Gasteiger partial charge on any atom is -0.464 e. The van der Waals surface area contributed by atoms with Gasteiger partial charge in [0, 0.05) is 18.4 Å². The quantitative estimate of drug-likeness (QED) is 0.872. The van der Waals surface area contributed by atoms with Crippen molar-refractivity contribution in [3.63, 3.8) is 0 Å². The standard InChI is InChI=1S/C21H23NO3/c1-4-25-20(24)21(12-16-9-5-6-10-17(16)13-21)22-19(23)18-11-7-8-14(2)15(18)3/h5-11H,4,12-13H2,1-3H3,(H,22,23). The second-order valence-electron chi connectivity index (χ2n) is 6.63. The molecule has 3 rings (SSSR count). The monoisotopic (exact) mass is 337 g/mol. The maximum absolute atomic E-state index is 12.9. The predicted molar refractivity (Wildman–Crippen MR) is 96.6 cm³/mol. The Kier molecular flexibility index (Phi) is 4.62. The van der Waals surface area contributed by atoms with Crippen LogP contribution < -0.4 is 5.32 Å². The van der Waals surface area contributed by atoms with Crippen LogP contribution in [0.25, 0.3) is 0 Å². The second-order valence-corrected chi connectivity index (χ2v) is 6.63. The van der Waals surface area contributed by atoms with E-state index in [4.69, 9.17) is 4.74 Å². The third kappa shape index (κ3) is 3.16. The topological polar surface area (TPSA) is 55.4 Å². The smallest absolute Gasteiger partial charge is 0.332 e. The number of esters is 1. The SMILES string of the molecule is CCOC(=O)C1(NC(=O)c2cccc(C)c2C)Cc2ccccc2C1. The van der Waals surface area contributed by atoms with Gasteiger partial charge in [-0.25, -0.2) is 4.79 Å². The number of rotatable bonds is 4. The summed E-state index contributed by atoms with van der Waals surface area (Å²) in [5, 5.41) is 2.99. The van der Waals surface area contributed by atoms with Crippen LogP contribution in [0.1, 0.15) is 39.5 Å². The summed E-state index contributed by atoms with van der Waals surface area (Å²) in [4.78, 5) is 25.6. The second kappa shape index (κ2) is 6.71. The molecule has 0 unspecified atom stereocenters. The first-order valence-electron chi connectivity index (χ1n) is 8.59. The molecule has 25 heavy (non-hydrogen) atoms. The summed E-state index contributed by atoms with van der Waals surface area (Å²) in [6, 6.07) is 13.5. The first-order chi connectivity index (χ1) is 12.0. The van der Waals surface area contributed by atoms with Crippen LogP contribution >= 0.6 is 0 Å². The number of benzene rings is 2. The van der Waals surface area contributed by atoms with E-state index in [0.29, 0.717) is 18.4 Å². The average molecular weight is 337 g/mol. The molecule has 0 bridgehead atoms. The van der Waals surface area contributed by atoms with Gasteiger partial charge in [0.15, 0.2) is 0 Å². The molecule has 0 aromatic heterocycles. The van der Waals surface area contributed by atoms with E-state index in [-0.39, 0.29) is 18.5 Å². The Morgan fingerprint density at radius 1 is 1.04 bits per heavy atom. The van der Waals surface area contributed by atoms with Crippen LogP contribution in [0.3, 0.4) is 0 Å². The highest BCUT2D eigenvalue weighted by molar-refractivity contribution is 6.00. The third-order valence-corrected chi connectivity index (χ3v) is 4.97. The highest BCUT2D eigenvalue weighted by atomic mass is 16.5. The fourth-order valence-corrected chi connectivity index (χ4v) is 3.45. The molecule has 4 nitrogen and oxygen atoms in total. The molecule has 1 aliphatic carbocycles. The van der Waals surface area contributed by atoms with Crippen LogP contribution in [-0.4, -0.2) is 24.0 Å². The van der Waals surface area contributed by atoms with Gasteiger partial charge in [0.25, 0.3) is 5.91 Å². The van der Waals surface area contributed by atoms with Gasteiger partial charge in [0.05, 0.1) is 6.61 Å². The van der Waals surface area contributed by atoms with E-state index in [0.717, 1.165) is 22.3 Å². The van der Waals surface area contributed by atoms with Crippen LogP contribution in [0.2, 0.25) is 0 Å². The fourth-order valence-electron chi connectivity index (χ4n) is 3.45. The Morgan fingerprint density at radius 3 is 2.28 bits per heavy atom. The summed E-state index contributed by atoms with van der Waals surface area (Å²) >= 11 is 0. The summed E-state index contributed by atoms with van der Waals surface area (Å²) in [5.41, 5.74) is 3.70. The number of fused-ring (bicyclic) bond motifs is 1. The molecule has 0 spiro atoms. The molecular formula is C21H23NO3. The van der Waals surface area contributed by atoms with Crippen molar-refractivity contribution in [2.45, 2.75) is 39.2 Å². The zero-order valence-electron chi connectivity index (χ0n) is 14.9. The summed E-state index contributed by atoms with van der Waals surface area (Å²) in [7, 11) is 0. The van der Waals surface area contributed by atoms with Gasteiger partial charge in [-0.15, -0.1) is 0 Å². The van der Waals surface area contributed by atoms with E-state index >= 15 is 0 Å². The van der Waals surface area contributed by atoms with Crippen molar-refractivity contribution in [2.24, 2.45) is 0 Å². The van der Waals surface area contributed by atoms with Gasteiger partial charge >= 0.3 is 5.97 Å². The molecular weight excluding hydrogens is 314 g/mol. The molecule has 0 fully saturated rings. The van der Waals surface area contributed by atoms with Gasteiger partial charge in [0.1, 0.15) is 5.54 Å². The number of aryl methyl sites for hydroxylation is 1. The molecule has 1 N–H and O–H groups in total. The Labute approximate surface area is 148 Å². The molecule has 0 radical (unpaired) electrons. The van der Waals surface area contributed by atoms with Crippen LogP contribution in [0, 0.1) is 13.8 Å². The Balaban J connectivity index is 1.93. The third-order valence-electron chi connectivity index (χ3n) is 4.97. The van der Waals surface area contributed by atoms with Crippen LogP contribution in [0.15, 0.2) is 42.5 Å². The van der Waals surface area contributed by atoms with Crippen molar-refractivity contribution in [1.29, 1.82) is 0 Å². The van der Waals surface area contributed by atoms with Crippen molar-refractivity contribution >= 4 is 11.9 Å². The molecule has 130 valence electrons. The highest BCUT2D eigenvalue weighted by Crippen LogP contribution is 2.31. The van der Waals surface area contributed by atoms with Crippen molar-refractivity contribution in [1.82, 2.24) is 5.32 Å². The first kappa shape index (κ1) is 17.2. The number of hydrogen-bond donors (Lipinski definition) is 1. The van der Waals surface area contributed by atoms with E-state index in [9.17, 15) is 9.59 Å². The van der Waals surface area contributed by atoms with Crippen molar-refractivity contribution in [3.8, 4) is 0 Å². The molecule has 4 heteroatoms. The number of amides is 1. The van der Waals surface area contributed by atoms with E-state index in [2.05, 4.69) is 5.32 Å². The average Bonchev–Trinajstić information content (AvgIpc) is 2.96. The van der Waals surface area contributed by atoms with Gasteiger partial charge in [-0.3, -0.25) is 4.79 Å². The lowest BCUT2D eigenvalue weighted by molar-refractivity contribution is -0.150. The maximum Gasteiger partial charge on any atom is 0.332 e. The largest absolute Gasteiger partial charge is 0.464 e. The Bertz CT molecular complexity index is 801. The van der Waals surface area contributed by atoms with Gasteiger partial charge in [0.2, 0.25) is 0 Å². The normalized spacial score (nSPS) is 14.7. The van der Waals surface area contributed by atoms with E-state index in [1.54, 1.807) is 13.0 Å². The number of carbonyl (C=O) groups is 2. The minimum absolute atomic E-state index is 0.234. The van der Waals surface area contributed by atoms with Crippen molar-refractivity contribution in [2.75, 3.05) is 6.61 Å². The molecule has 0 heterocycles. The number of carbonyl (C=O) groups excluding carboxylic acids is 2. The van der Waals surface area contributed by atoms with Crippen molar-refractivity contribution < 1.29 is 14.3 Å². The first-order valence-corrected chi connectivity index (χ1v) is 8.59. The van der Waals surface area contributed by atoms with E-state index in [1.807, 2.05) is 50.2 Å². The molecule has 1 amide bonds. The summed E-state index contributed by atoms with van der Waals surface area (Å²) in [6.07, 6.45) is 0.914. The molecule has 0 saturated heterocycles. The van der Waals surface area contributed by atoms with Crippen LogP contribution in [0.4, 0.5) is 0 Å². The van der Waals surface area contributed by atoms with Crippen LogP contribution in [0.5, 0.6) is 0 Å². The molecule has 1 aliphatic rings. The van der Waals surface area contributed by atoms with E-state index in [1.165, 1.54) is 0 Å². The van der Waals surface area contributed by atoms with Gasteiger partial charge in [-0.2, -0.15) is 0 Å². The van der Waals surface area contributed by atoms with Gasteiger partial charge in [-0.1, -0.05) is 36.4 Å². The summed E-state index contributed by atoms with van der Waals surface area (Å²) in [5.74, 6) is -0.605. The highest BCUT2D eigenvalue weighted by Gasteiger charge is 2.46. The lowest BCUT2D eigenvalue weighted by Gasteiger charge is -2.28. The molecule has 0 aliphatic heterocycles. The minimum atomic E-state index is -1.03. The predicted octanol–water partition coefficient (Wildman–Crippen LogP) is 3.13. The molecule has 2 aromatic carbocycles.